The smallest absolute Gasteiger partial charge is 0.134 e. The van der Waals surface area contributed by atoms with Gasteiger partial charge in [0, 0.05) is 10.7 Å². The second kappa shape index (κ2) is 5.45. The van der Waals surface area contributed by atoms with Gasteiger partial charge in [-0.1, -0.05) is 52.7 Å². The molecule has 0 spiro atoms. The normalized spacial score (nSPS) is 17.2. The van der Waals surface area contributed by atoms with Crippen molar-refractivity contribution < 1.29 is 4.74 Å². The molecule has 1 aliphatic rings. The van der Waals surface area contributed by atoms with Crippen molar-refractivity contribution in [1.29, 1.82) is 0 Å². The third-order valence-electron chi connectivity index (χ3n) is 4.06. The fraction of sp³-hybridized carbons (Fsp3) is 0.375. The summed E-state index contributed by atoms with van der Waals surface area (Å²) in [6.45, 7) is 0.801. The monoisotopic (exact) mass is 382 g/mol. The Morgan fingerprint density at radius 3 is 2.58 bits per heavy atom. The highest BCUT2D eigenvalue weighted by Crippen LogP contribution is 2.43. The molecule has 19 heavy (non-hydrogen) atoms. The molecule has 2 aromatic carbocycles. The lowest BCUT2D eigenvalue weighted by Gasteiger charge is -2.40. The molecule has 3 rings (SSSR count). The van der Waals surface area contributed by atoms with E-state index in [4.69, 9.17) is 4.74 Å². The molecule has 0 amide bonds. The van der Waals surface area contributed by atoms with Gasteiger partial charge in [0.1, 0.15) is 5.75 Å². The summed E-state index contributed by atoms with van der Waals surface area (Å²) in [6.07, 6.45) is 3.86. The predicted molar refractivity (Wildman–Crippen MR) is 87.2 cm³/mol. The van der Waals surface area contributed by atoms with Crippen LogP contribution >= 0.6 is 31.9 Å². The summed E-state index contributed by atoms with van der Waals surface area (Å²) in [5.74, 6) is 0.950. The maximum Gasteiger partial charge on any atom is 0.134 e. The first-order chi connectivity index (χ1) is 9.24. The van der Waals surface area contributed by atoms with Crippen LogP contribution in [0.25, 0.3) is 10.8 Å². The maximum absolute atomic E-state index is 6.07. The minimum absolute atomic E-state index is 0.352. The van der Waals surface area contributed by atoms with Gasteiger partial charge in [0.15, 0.2) is 0 Å². The van der Waals surface area contributed by atoms with Gasteiger partial charge in [0.05, 0.1) is 11.1 Å². The van der Waals surface area contributed by atoms with Gasteiger partial charge in [-0.15, -0.1) is 0 Å². The molecule has 0 heterocycles. The highest BCUT2D eigenvalue weighted by molar-refractivity contribution is 9.10. The maximum atomic E-state index is 6.07. The van der Waals surface area contributed by atoms with Crippen molar-refractivity contribution in [2.24, 2.45) is 5.41 Å². The second-order valence-electron chi connectivity index (χ2n) is 5.37. The van der Waals surface area contributed by atoms with E-state index < -0.39 is 0 Å². The Balaban J connectivity index is 1.83. The first-order valence-corrected chi connectivity index (χ1v) is 8.52. The standard InChI is InChI=1S/C16H16Br2O/c17-10-16(8-3-9-16)11-19-14-7-6-12-4-1-2-5-13(12)15(14)18/h1-2,4-7H,3,8-11H2. The SMILES string of the molecule is BrCC1(COc2ccc3ccccc3c2Br)CCC1. The third-order valence-corrected chi connectivity index (χ3v) is 6.07. The quantitative estimate of drug-likeness (QED) is 0.629. The molecule has 0 bridgehead atoms. The molecule has 1 nitrogen and oxygen atoms in total. The first kappa shape index (κ1) is 13.4. The van der Waals surface area contributed by atoms with Crippen molar-refractivity contribution in [2.75, 3.05) is 11.9 Å². The van der Waals surface area contributed by atoms with Crippen LogP contribution in [0.1, 0.15) is 19.3 Å². The molecule has 0 radical (unpaired) electrons. The Kier molecular flexibility index (Phi) is 3.86. The van der Waals surface area contributed by atoms with Crippen LogP contribution in [-0.2, 0) is 0 Å². The van der Waals surface area contributed by atoms with Gasteiger partial charge in [-0.3, -0.25) is 0 Å². The Morgan fingerprint density at radius 1 is 1.11 bits per heavy atom. The summed E-state index contributed by atoms with van der Waals surface area (Å²) in [7, 11) is 0. The van der Waals surface area contributed by atoms with Crippen molar-refractivity contribution in [2.45, 2.75) is 19.3 Å². The summed E-state index contributed by atoms with van der Waals surface area (Å²) >= 11 is 7.30. The zero-order valence-corrected chi connectivity index (χ0v) is 13.8. The fourth-order valence-electron chi connectivity index (χ4n) is 2.55. The van der Waals surface area contributed by atoms with Crippen LogP contribution in [0.2, 0.25) is 0 Å². The molecular weight excluding hydrogens is 368 g/mol. The number of hydrogen-bond acceptors (Lipinski definition) is 1. The minimum atomic E-state index is 0.352. The van der Waals surface area contributed by atoms with E-state index in [0.717, 1.165) is 22.2 Å². The first-order valence-electron chi connectivity index (χ1n) is 6.60. The van der Waals surface area contributed by atoms with Crippen molar-refractivity contribution in [3.8, 4) is 5.75 Å². The Bertz CT molecular complexity index is 585. The summed E-state index contributed by atoms with van der Waals surface area (Å²) < 4.78 is 7.13. The van der Waals surface area contributed by atoms with Crippen molar-refractivity contribution in [3.63, 3.8) is 0 Å². The van der Waals surface area contributed by atoms with Gasteiger partial charge < -0.3 is 4.74 Å². The highest BCUT2D eigenvalue weighted by Gasteiger charge is 2.36. The molecule has 0 N–H and O–H groups in total. The van der Waals surface area contributed by atoms with E-state index in [9.17, 15) is 0 Å². The molecule has 1 fully saturated rings. The molecule has 2 aromatic rings. The van der Waals surface area contributed by atoms with Gasteiger partial charge >= 0.3 is 0 Å². The number of halogens is 2. The molecule has 100 valence electrons. The molecule has 0 atom stereocenters. The molecule has 3 heteroatoms. The Labute approximate surface area is 130 Å². The molecule has 0 saturated heterocycles. The van der Waals surface area contributed by atoms with E-state index in [2.05, 4.69) is 68.3 Å². The van der Waals surface area contributed by atoms with E-state index >= 15 is 0 Å². The molecular formula is C16H16Br2O. The minimum Gasteiger partial charge on any atom is -0.492 e. The van der Waals surface area contributed by atoms with Gasteiger partial charge in [0.25, 0.3) is 0 Å². The van der Waals surface area contributed by atoms with Crippen LogP contribution in [0.3, 0.4) is 0 Å². The van der Waals surface area contributed by atoms with Crippen LogP contribution in [0.5, 0.6) is 5.75 Å². The summed E-state index contributed by atoms with van der Waals surface area (Å²) in [4.78, 5) is 0. The van der Waals surface area contributed by atoms with Crippen LogP contribution in [-0.4, -0.2) is 11.9 Å². The third kappa shape index (κ3) is 2.55. The Hall–Kier alpha value is -0.540. The fourth-order valence-corrected chi connectivity index (χ4v) is 3.88. The lowest BCUT2D eigenvalue weighted by atomic mass is 9.71. The van der Waals surface area contributed by atoms with E-state index in [-0.39, 0.29) is 0 Å². The van der Waals surface area contributed by atoms with Crippen LogP contribution in [0.15, 0.2) is 40.9 Å². The van der Waals surface area contributed by atoms with Gasteiger partial charge in [-0.05, 0) is 45.6 Å². The molecule has 0 unspecified atom stereocenters. The van der Waals surface area contributed by atoms with Gasteiger partial charge in [-0.2, -0.15) is 0 Å². The Morgan fingerprint density at radius 2 is 1.89 bits per heavy atom. The lowest BCUT2D eigenvalue weighted by Crippen LogP contribution is -2.37. The number of rotatable bonds is 4. The van der Waals surface area contributed by atoms with Crippen molar-refractivity contribution in [1.82, 2.24) is 0 Å². The zero-order chi connectivity index (χ0) is 13.3. The average molecular weight is 384 g/mol. The van der Waals surface area contributed by atoms with Gasteiger partial charge in [-0.25, -0.2) is 0 Å². The van der Waals surface area contributed by atoms with Crippen molar-refractivity contribution >= 4 is 42.6 Å². The van der Waals surface area contributed by atoms with Crippen molar-refractivity contribution in [3.05, 3.63) is 40.9 Å². The molecule has 1 saturated carbocycles. The van der Waals surface area contributed by atoms with E-state index in [1.807, 2.05) is 0 Å². The van der Waals surface area contributed by atoms with E-state index in [1.54, 1.807) is 0 Å². The topological polar surface area (TPSA) is 9.23 Å². The van der Waals surface area contributed by atoms with Crippen LogP contribution < -0.4 is 4.74 Å². The van der Waals surface area contributed by atoms with Crippen LogP contribution in [0, 0.1) is 5.41 Å². The van der Waals surface area contributed by atoms with E-state index in [1.165, 1.54) is 30.0 Å². The average Bonchev–Trinajstić information content (AvgIpc) is 2.40. The number of fused-ring (bicyclic) bond motifs is 1. The largest absolute Gasteiger partial charge is 0.492 e. The number of hydrogen-bond donors (Lipinski definition) is 0. The lowest BCUT2D eigenvalue weighted by molar-refractivity contribution is 0.0835. The molecule has 0 aliphatic heterocycles. The van der Waals surface area contributed by atoms with Crippen LogP contribution in [0.4, 0.5) is 0 Å². The molecule has 0 aromatic heterocycles. The molecule has 1 aliphatic carbocycles. The summed E-state index contributed by atoms with van der Waals surface area (Å²) in [5, 5.41) is 3.48. The number of ether oxygens (including phenoxy) is 1. The second-order valence-corrected chi connectivity index (χ2v) is 6.73. The summed E-state index contributed by atoms with van der Waals surface area (Å²) in [6, 6.07) is 12.5. The highest BCUT2D eigenvalue weighted by atomic mass is 79.9. The predicted octanol–water partition coefficient (Wildman–Crippen LogP) is 5.55. The number of benzene rings is 2. The summed E-state index contributed by atoms with van der Waals surface area (Å²) in [5.41, 5.74) is 0.352. The number of alkyl halides is 1. The van der Waals surface area contributed by atoms with E-state index in [0.29, 0.717) is 5.41 Å². The van der Waals surface area contributed by atoms with Gasteiger partial charge in [0.2, 0.25) is 0 Å². The zero-order valence-electron chi connectivity index (χ0n) is 10.7.